The maximum atomic E-state index is 13.1. The van der Waals surface area contributed by atoms with Crippen molar-refractivity contribution in [3.63, 3.8) is 0 Å². The molecule has 1 aliphatic heterocycles. The van der Waals surface area contributed by atoms with Crippen LogP contribution in [0.25, 0.3) is 0 Å². The van der Waals surface area contributed by atoms with Crippen LogP contribution in [0.1, 0.15) is 39.2 Å². The standard InChI is InChI=1S/C17H22N4O2/c1-11-12(2)20-15(13(3)19-11)16(21-7-5-18-6-8-21)17(22)14-4-9-23-10-14/h4,9-10,16,18H,5-8H2,1-3H3. The highest BCUT2D eigenvalue weighted by Gasteiger charge is 2.33. The van der Waals surface area contributed by atoms with E-state index in [-0.39, 0.29) is 5.78 Å². The molecule has 0 spiro atoms. The van der Waals surface area contributed by atoms with Crippen LogP contribution in [-0.2, 0) is 0 Å². The summed E-state index contributed by atoms with van der Waals surface area (Å²) >= 11 is 0. The van der Waals surface area contributed by atoms with E-state index in [1.54, 1.807) is 6.07 Å². The molecule has 0 bridgehead atoms. The van der Waals surface area contributed by atoms with E-state index >= 15 is 0 Å². The lowest BCUT2D eigenvalue weighted by molar-refractivity contribution is 0.0787. The Balaban J connectivity index is 2.04. The van der Waals surface area contributed by atoms with Crippen molar-refractivity contribution in [1.82, 2.24) is 20.2 Å². The van der Waals surface area contributed by atoms with Crippen molar-refractivity contribution >= 4 is 5.78 Å². The first kappa shape index (κ1) is 15.8. The third-order valence-corrected chi connectivity index (χ3v) is 4.35. The van der Waals surface area contributed by atoms with Crippen molar-refractivity contribution in [1.29, 1.82) is 0 Å². The van der Waals surface area contributed by atoms with Crippen molar-refractivity contribution < 1.29 is 9.21 Å². The highest BCUT2D eigenvalue weighted by atomic mass is 16.3. The number of carbonyl (C=O) groups excluding carboxylic acids is 1. The predicted molar refractivity (Wildman–Crippen MR) is 86.5 cm³/mol. The van der Waals surface area contributed by atoms with E-state index in [4.69, 9.17) is 9.40 Å². The molecular weight excluding hydrogens is 292 g/mol. The molecule has 1 atom stereocenters. The number of aryl methyl sites for hydroxylation is 3. The normalized spacial score (nSPS) is 17.2. The molecular formula is C17H22N4O2. The molecule has 1 unspecified atom stereocenters. The summed E-state index contributed by atoms with van der Waals surface area (Å²) in [7, 11) is 0. The lowest BCUT2D eigenvalue weighted by atomic mass is 9.99. The number of hydrogen-bond acceptors (Lipinski definition) is 6. The van der Waals surface area contributed by atoms with E-state index in [1.165, 1.54) is 12.5 Å². The van der Waals surface area contributed by atoms with Crippen molar-refractivity contribution in [2.24, 2.45) is 0 Å². The summed E-state index contributed by atoms with van der Waals surface area (Å²) in [5, 5.41) is 3.32. The number of furan rings is 1. The highest BCUT2D eigenvalue weighted by Crippen LogP contribution is 2.27. The fraction of sp³-hybridized carbons (Fsp3) is 0.471. The molecule has 122 valence electrons. The van der Waals surface area contributed by atoms with Gasteiger partial charge in [0.15, 0.2) is 5.78 Å². The molecule has 2 aromatic heterocycles. The average molecular weight is 314 g/mol. The summed E-state index contributed by atoms with van der Waals surface area (Å²) in [6, 6.07) is 1.29. The van der Waals surface area contributed by atoms with Crippen molar-refractivity contribution in [3.05, 3.63) is 46.9 Å². The monoisotopic (exact) mass is 314 g/mol. The van der Waals surface area contributed by atoms with Crippen LogP contribution in [-0.4, -0.2) is 46.8 Å². The van der Waals surface area contributed by atoms with E-state index in [1.807, 2.05) is 20.8 Å². The first-order valence-corrected chi connectivity index (χ1v) is 7.91. The Morgan fingerprint density at radius 3 is 2.52 bits per heavy atom. The van der Waals surface area contributed by atoms with Gasteiger partial charge in [-0.15, -0.1) is 0 Å². The van der Waals surface area contributed by atoms with Crippen LogP contribution in [0.2, 0.25) is 0 Å². The fourth-order valence-electron chi connectivity index (χ4n) is 2.96. The third-order valence-electron chi connectivity index (χ3n) is 4.35. The molecule has 0 aliphatic carbocycles. The SMILES string of the molecule is Cc1nc(C)c(C(C(=O)c2ccoc2)N2CCNCC2)nc1C. The quantitative estimate of drug-likeness (QED) is 0.868. The van der Waals surface area contributed by atoms with Gasteiger partial charge in [-0.3, -0.25) is 19.7 Å². The Hall–Kier alpha value is -2.05. The van der Waals surface area contributed by atoms with Gasteiger partial charge in [0.2, 0.25) is 0 Å². The highest BCUT2D eigenvalue weighted by molar-refractivity contribution is 6.00. The lowest BCUT2D eigenvalue weighted by Crippen LogP contribution is -2.47. The van der Waals surface area contributed by atoms with Gasteiger partial charge in [0.1, 0.15) is 12.3 Å². The second-order valence-electron chi connectivity index (χ2n) is 5.93. The van der Waals surface area contributed by atoms with Gasteiger partial charge in [0, 0.05) is 26.2 Å². The van der Waals surface area contributed by atoms with Gasteiger partial charge < -0.3 is 9.73 Å². The second-order valence-corrected chi connectivity index (χ2v) is 5.93. The topological polar surface area (TPSA) is 71.3 Å². The van der Waals surface area contributed by atoms with E-state index in [9.17, 15) is 4.79 Å². The molecule has 3 rings (SSSR count). The van der Waals surface area contributed by atoms with Crippen LogP contribution in [0.3, 0.4) is 0 Å². The van der Waals surface area contributed by atoms with Crippen LogP contribution in [0, 0.1) is 20.8 Å². The minimum atomic E-state index is -0.415. The van der Waals surface area contributed by atoms with Crippen LogP contribution in [0.4, 0.5) is 0 Å². The zero-order valence-corrected chi connectivity index (χ0v) is 13.8. The van der Waals surface area contributed by atoms with Crippen LogP contribution in [0.15, 0.2) is 23.0 Å². The van der Waals surface area contributed by atoms with Gasteiger partial charge in [0.05, 0.1) is 34.6 Å². The van der Waals surface area contributed by atoms with E-state index in [2.05, 4.69) is 15.2 Å². The van der Waals surface area contributed by atoms with E-state index in [0.717, 1.165) is 49.0 Å². The van der Waals surface area contributed by atoms with Crippen LogP contribution < -0.4 is 5.32 Å². The molecule has 0 radical (unpaired) electrons. The van der Waals surface area contributed by atoms with Gasteiger partial charge >= 0.3 is 0 Å². The van der Waals surface area contributed by atoms with Gasteiger partial charge in [-0.25, -0.2) is 0 Å². The van der Waals surface area contributed by atoms with Crippen LogP contribution in [0.5, 0.6) is 0 Å². The average Bonchev–Trinajstić information content (AvgIpc) is 3.08. The fourth-order valence-corrected chi connectivity index (χ4v) is 2.96. The molecule has 1 saturated heterocycles. The maximum Gasteiger partial charge on any atom is 0.189 e. The summed E-state index contributed by atoms with van der Waals surface area (Å²) in [5.74, 6) is 0.0151. The van der Waals surface area contributed by atoms with Crippen molar-refractivity contribution in [3.8, 4) is 0 Å². The molecule has 0 aromatic carbocycles. The van der Waals surface area contributed by atoms with Crippen molar-refractivity contribution in [2.45, 2.75) is 26.8 Å². The number of aromatic nitrogens is 2. The van der Waals surface area contributed by atoms with Crippen molar-refractivity contribution in [2.75, 3.05) is 26.2 Å². The molecule has 23 heavy (non-hydrogen) atoms. The Bertz CT molecular complexity index is 691. The molecule has 2 aromatic rings. The molecule has 6 heteroatoms. The number of nitrogens with one attached hydrogen (secondary N) is 1. The van der Waals surface area contributed by atoms with Gasteiger partial charge in [-0.05, 0) is 26.8 Å². The molecule has 0 amide bonds. The van der Waals surface area contributed by atoms with E-state index in [0.29, 0.717) is 5.56 Å². The Morgan fingerprint density at radius 2 is 1.87 bits per heavy atom. The zero-order chi connectivity index (χ0) is 16.4. The number of piperazine rings is 1. The number of carbonyl (C=O) groups is 1. The number of nitrogens with zero attached hydrogens (tertiary/aromatic N) is 3. The summed E-state index contributed by atoms with van der Waals surface area (Å²) in [5.41, 5.74) is 3.91. The molecule has 6 nitrogen and oxygen atoms in total. The Labute approximate surface area is 135 Å². The van der Waals surface area contributed by atoms with Gasteiger partial charge in [-0.1, -0.05) is 0 Å². The summed E-state index contributed by atoms with van der Waals surface area (Å²) in [6.07, 6.45) is 3.03. The zero-order valence-electron chi connectivity index (χ0n) is 13.8. The Kier molecular flexibility index (Phi) is 4.54. The molecule has 1 N–H and O–H groups in total. The summed E-state index contributed by atoms with van der Waals surface area (Å²) in [6.45, 7) is 9.15. The Morgan fingerprint density at radius 1 is 1.17 bits per heavy atom. The molecule has 1 aliphatic rings. The second kappa shape index (κ2) is 6.60. The lowest BCUT2D eigenvalue weighted by Gasteiger charge is -2.34. The minimum Gasteiger partial charge on any atom is -0.472 e. The molecule has 1 fully saturated rings. The largest absolute Gasteiger partial charge is 0.472 e. The molecule has 3 heterocycles. The van der Waals surface area contributed by atoms with Gasteiger partial charge in [-0.2, -0.15) is 0 Å². The minimum absolute atomic E-state index is 0.0151. The van der Waals surface area contributed by atoms with E-state index < -0.39 is 6.04 Å². The smallest absolute Gasteiger partial charge is 0.189 e. The summed E-state index contributed by atoms with van der Waals surface area (Å²) in [4.78, 5) is 24.5. The summed E-state index contributed by atoms with van der Waals surface area (Å²) < 4.78 is 5.09. The number of hydrogen-bond donors (Lipinski definition) is 1. The number of ketones is 1. The van der Waals surface area contributed by atoms with Gasteiger partial charge in [0.25, 0.3) is 0 Å². The predicted octanol–water partition coefficient (Wildman–Crippen LogP) is 1.82. The van der Waals surface area contributed by atoms with Crippen LogP contribution >= 0.6 is 0 Å². The number of rotatable bonds is 4. The first-order valence-electron chi connectivity index (χ1n) is 7.91. The number of Topliss-reactive ketones (excluding diaryl/α,β-unsaturated/α-hetero) is 1. The third kappa shape index (κ3) is 3.18. The molecule has 0 saturated carbocycles. The maximum absolute atomic E-state index is 13.1. The first-order chi connectivity index (χ1) is 11.1.